The number of pyridine rings is 1. The molecule has 96 valence electrons. The Hall–Kier alpha value is -1.46. The minimum atomic E-state index is -0.134. The average molecular weight is 246 g/mol. The van der Waals surface area contributed by atoms with E-state index in [0.29, 0.717) is 11.1 Å². The zero-order chi connectivity index (χ0) is 12.6. The summed E-state index contributed by atoms with van der Waals surface area (Å²) in [5.41, 5.74) is 2.21. The van der Waals surface area contributed by atoms with Crippen LogP contribution in [0.1, 0.15) is 16.1 Å². The van der Waals surface area contributed by atoms with Crippen molar-refractivity contribution in [2.24, 2.45) is 5.41 Å². The Morgan fingerprint density at radius 3 is 2.78 bits per heavy atom. The smallest absolute Gasteiger partial charge is 0.269 e. The van der Waals surface area contributed by atoms with Gasteiger partial charge in [-0.15, -0.1) is 0 Å². The highest BCUT2D eigenvalue weighted by Crippen LogP contribution is 2.34. The number of nitrogens with zero attached hydrogens (tertiary/aromatic N) is 2. The summed E-state index contributed by atoms with van der Waals surface area (Å²) in [7, 11) is 1.62. The molecule has 0 saturated carbocycles. The number of nitrogens with one attached hydrogen (secondary N) is 2. The summed E-state index contributed by atoms with van der Waals surface area (Å²) in [6, 6.07) is 3.77. The fourth-order valence-corrected chi connectivity index (χ4v) is 2.75. The summed E-state index contributed by atoms with van der Waals surface area (Å²) in [6.45, 7) is 5.62. The van der Waals surface area contributed by atoms with Gasteiger partial charge in [0.25, 0.3) is 5.91 Å². The van der Waals surface area contributed by atoms with Crippen molar-refractivity contribution in [2.45, 2.75) is 6.54 Å². The number of hydrogen-bond acceptors (Lipinski definition) is 4. The van der Waals surface area contributed by atoms with Crippen LogP contribution in [0.3, 0.4) is 0 Å². The Kier molecular flexibility index (Phi) is 2.80. The van der Waals surface area contributed by atoms with Gasteiger partial charge in [-0.25, -0.2) is 0 Å². The normalized spacial score (nSPS) is 21.2. The van der Waals surface area contributed by atoms with E-state index in [9.17, 15) is 4.79 Å². The second-order valence-corrected chi connectivity index (χ2v) is 5.38. The fourth-order valence-electron chi connectivity index (χ4n) is 2.75. The van der Waals surface area contributed by atoms with Crippen LogP contribution in [-0.2, 0) is 6.54 Å². The molecule has 0 radical (unpaired) electrons. The molecule has 2 fully saturated rings. The van der Waals surface area contributed by atoms with Crippen molar-refractivity contribution in [3.63, 3.8) is 0 Å². The van der Waals surface area contributed by atoms with Crippen molar-refractivity contribution >= 4 is 5.91 Å². The van der Waals surface area contributed by atoms with Crippen molar-refractivity contribution in [2.75, 3.05) is 33.2 Å². The first-order valence-corrected chi connectivity index (χ1v) is 6.31. The maximum absolute atomic E-state index is 11.4. The molecule has 0 aliphatic carbocycles. The van der Waals surface area contributed by atoms with Crippen LogP contribution in [0.4, 0.5) is 0 Å². The molecule has 2 N–H and O–H groups in total. The van der Waals surface area contributed by atoms with E-state index in [1.807, 2.05) is 6.07 Å². The van der Waals surface area contributed by atoms with Gasteiger partial charge in [-0.05, 0) is 11.6 Å². The van der Waals surface area contributed by atoms with Gasteiger partial charge in [-0.3, -0.25) is 14.7 Å². The quantitative estimate of drug-likeness (QED) is 0.778. The van der Waals surface area contributed by atoms with Crippen LogP contribution in [0.25, 0.3) is 0 Å². The molecule has 5 nitrogen and oxygen atoms in total. The van der Waals surface area contributed by atoms with E-state index in [0.717, 1.165) is 19.6 Å². The molecule has 1 spiro atoms. The molecular weight excluding hydrogens is 228 g/mol. The molecule has 3 rings (SSSR count). The topological polar surface area (TPSA) is 57.3 Å². The number of carbonyl (C=O) groups is 1. The van der Waals surface area contributed by atoms with Gasteiger partial charge in [0.2, 0.25) is 0 Å². The van der Waals surface area contributed by atoms with E-state index >= 15 is 0 Å². The summed E-state index contributed by atoms with van der Waals surface area (Å²) < 4.78 is 0. The van der Waals surface area contributed by atoms with Gasteiger partial charge >= 0.3 is 0 Å². The SMILES string of the molecule is CNC(=O)c1ccc(CN2CC3(CNC3)C2)cn1. The van der Waals surface area contributed by atoms with Gasteiger partial charge in [0.15, 0.2) is 0 Å². The summed E-state index contributed by atoms with van der Waals surface area (Å²) in [4.78, 5) is 18.0. The lowest BCUT2D eigenvalue weighted by Crippen LogP contribution is -2.70. The first-order chi connectivity index (χ1) is 8.71. The van der Waals surface area contributed by atoms with E-state index in [1.54, 1.807) is 19.3 Å². The van der Waals surface area contributed by atoms with E-state index in [-0.39, 0.29) is 5.91 Å². The molecular formula is C13H18N4O. The summed E-state index contributed by atoms with van der Waals surface area (Å²) in [5, 5.41) is 5.90. The molecule has 18 heavy (non-hydrogen) atoms. The highest BCUT2D eigenvalue weighted by Gasteiger charge is 2.47. The summed E-state index contributed by atoms with van der Waals surface area (Å²) in [5.74, 6) is -0.134. The molecule has 2 saturated heterocycles. The Bertz CT molecular complexity index is 445. The third-order valence-electron chi connectivity index (χ3n) is 3.81. The molecule has 1 aromatic rings. The minimum absolute atomic E-state index is 0.134. The fraction of sp³-hybridized carbons (Fsp3) is 0.538. The van der Waals surface area contributed by atoms with Gasteiger partial charge in [-0.2, -0.15) is 0 Å². The number of carbonyl (C=O) groups excluding carboxylic acids is 1. The maximum atomic E-state index is 11.4. The lowest BCUT2D eigenvalue weighted by Gasteiger charge is -2.56. The second kappa shape index (κ2) is 4.33. The van der Waals surface area contributed by atoms with Crippen LogP contribution in [0.5, 0.6) is 0 Å². The first-order valence-electron chi connectivity index (χ1n) is 6.31. The highest BCUT2D eigenvalue weighted by molar-refractivity contribution is 5.91. The molecule has 1 amide bonds. The van der Waals surface area contributed by atoms with Crippen molar-refractivity contribution in [1.82, 2.24) is 20.5 Å². The van der Waals surface area contributed by atoms with E-state index < -0.39 is 0 Å². The number of amides is 1. The number of likely N-dealkylation sites (tertiary alicyclic amines) is 1. The van der Waals surface area contributed by atoms with Crippen LogP contribution in [0.2, 0.25) is 0 Å². The van der Waals surface area contributed by atoms with Gasteiger partial charge < -0.3 is 10.6 Å². The number of aromatic nitrogens is 1. The van der Waals surface area contributed by atoms with Crippen LogP contribution in [-0.4, -0.2) is 49.0 Å². The highest BCUT2D eigenvalue weighted by atomic mass is 16.1. The zero-order valence-electron chi connectivity index (χ0n) is 10.6. The van der Waals surface area contributed by atoms with Crippen LogP contribution in [0, 0.1) is 5.41 Å². The maximum Gasteiger partial charge on any atom is 0.269 e. The molecule has 0 bridgehead atoms. The Morgan fingerprint density at radius 2 is 2.28 bits per heavy atom. The molecule has 2 aliphatic rings. The predicted molar refractivity (Wildman–Crippen MR) is 68.2 cm³/mol. The predicted octanol–water partition coefficient (Wildman–Crippen LogP) is -0.154. The number of hydrogen-bond donors (Lipinski definition) is 2. The molecule has 0 unspecified atom stereocenters. The summed E-state index contributed by atoms with van der Waals surface area (Å²) in [6.07, 6.45) is 1.80. The summed E-state index contributed by atoms with van der Waals surface area (Å²) >= 11 is 0. The van der Waals surface area contributed by atoms with Crippen molar-refractivity contribution in [3.05, 3.63) is 29.6 Å². The van der Waals surface area contributed by atoms with Gasteiger partial charge in [0.1, 0.15) is 5.69 Å². The van der Waals surface area contributed by atoms with Crippen molar-refractivity contribution in [1.29, 1.82) is 0 Å². The first kappa shape index (κ1) is 11.6. The van der Waals surface area contributed by atoms with Crippen LogP contribution >= 0.6 is 0 Å². The van der Waals surface area contributed by atoms with Gasteiger partial charge in [0.05, 0.1) is 0 Å². The zero-order valence-corrected chi connectivity index (χ0v) is 10.6. The molecule has 5 heteroatoms. The number of rotatable bonds is 3. The molecule has 3 heterocycles. The average Bonchev–Trinajstić information content (AvgIpc) is 2.30. The van der Waals surface area contributed by atoms with E-state index in [1.165, 1.54) is 18.7 Å². The van der Waals surface area contributed by atoms with Crippen LogP contribution in [0.15, 0.2) is 18.3 Å². The lowest BCUT2D eigenvalue weighted by molar-refractivity contribution is -0.0445. The third-order valence-corrected chi connectivity index (χ3v) is 3.81. The standard InChI is InChI=1S/C13H18N4O/c1-14-12(18)11-3-2-10(4-16-11)5-17-8-13(9-17)6-15-7-13/h2-4,15H,5-9H2,1H3,(H,14,18). The Labute approximate surface area is 107 Å². The molecule has 1 aromatic heterocycles. The third kappa shape index (κ3) is 2.00. The lowest BCUT2D eigenvalue weighted by atomic mass is 9.74. The Balaban J connectivity index is 1.56. The largest absolute Gasteiger partial charge is 0.354 e. The van der Waals surface area contributed by atoms with Crippen molar-refractivity contribution < 1.29 is 4.79 Å². The van der Waals surface area contributed by atoms with E-state index in [2.05, 4.69) is 20.5 Å². The molecule has 2 aliphatic heterocycles. The van der Waals surface area contributed by atoms with Crippen molar-refractivity contribution in [3.8, 4) is 0 Å². The van der Waals surface area contributed by atoms with Gasteiger partial charge in [-0.1, -0.05) is 6.07 Å². The molecule has 0 aromatic carbocycles. The molecule has 0 atom stereocenters. The van der Waals surface area contributed by atoms with E-state index in [4.69, 9.17) is 0 Å². The second-order valence-electron chi connectivity index (χ2n) is 5.38. The monoisotopic (exact) mass is 246 g/mol. The van der Waals surface area contributed by atoms with Crippen LogP contribution < -0.4 is 10.6 Å². The van der Waals surface area contributed by atoms with Gasteiger partial charge in [0, 0.05) is 51.4 Å². The minimum Gasteiger partial charge on any atom is -0.354 e. The Morgan fingerprint density at radius 1 is 1.50 bits per heavy atom.